The summed E-state index contributed by atoms with van der Waals surface area (Å²) in [6, 6.07) is 0. The lowest BCUT2D eigenvalue weighted by Gasteiger charge is -2.29. The lowest BCUT2D eigenvalue weighted by atomic mass is 9.83. The highest BCUT2D eigenvalue weighted by Gasteiger charge is 2.57. The highest BCUT2D eigenvalue weighted by atomic mass is 19.4. The molecule has 0 bridgehead atoms. The molecule has 1 atom stereocenters. The van der Waals surface area contributed by atoms with Crippen LogP contribution in [-0.4, -0.2) is 18.8 Å². The minimum Gasteiger partial charge on any atom is -0.465 e. The first-order chi connectivity index (χ1) is 8.29. The van der Waals surface area contributed by atoms with Gasteiger partial charge in [0.1, 0.15) is 0 Å². The van der Waals surface area contributed by atoms with Crippen molar-refractivity contribution in [2.45, 2.75) is 65.5 Å². The number of rotatable bonds is 8. The fraction of sp³-hybridized carbons (Fsp3) is 0.923. The minimum atomic E-state index is -4.55. The van der Waals surface area contributed by atoms with Crippen LogP contribution in [0.5, 0.6) is 0 Å². The molecule has 0 spiro atoms. The second-order valence-electron chi connectivity index (χ2n) is 4.71. The summed E-state index contributed by atoms with van der Waals surface area (Å²) >= 11 is 0. The van der Waals surface area contributed by atoms with E-state index < -0.39 is 17.6 Å². The third-order valence-electron chi connectivity index (χ3n) is 3.13. The van der Waals surface area contributed by atoms with Crippen LogP contribution in [0.4, 0.5) is 13.2 Å². The molecule has 0 rings (SSSR count). The van der Waals surface area contributed by atoms with Gasteiger partial charge in [0, 0.05) is 0 Å². The molecule has 1 unspecified atom stereocenters. The van der Waals surface area contributed by atoms with E-state index in [9.17, 15) is 18.0 Å². The Hall–Kier alpha value is -0.740. The molecule has 0 aromatic rings. The largest absolute Gasteiger partial charge is 0.465 e. The molecule has 0 saturated carbocycles. The van der Waals surface area contributed by atoms with Gasteiger partial charge in [0.25, 0.3) is 0 Å². The smallest absolute Gasteiger partial charge is 0.404 e. The molecule has 0 aliphatic rings. The number of carbonyl (C=O) groups is 1. The molecule has 18 heavy (non-hydrogen) atoms. The number of hydrogen-bond donors (Lipinski definition) is 0. The SMILES string of the molecule is CCCCCCCC(C)(C(=O)OCC)C(F)(F)F. The van der Waals surface area contributed by atoms with Gasteiger partial charge in [0.15, 0.2) is 5.41 Å². The maximum absolute atomic E-state index is 13.0. The van der Waals surface area contributed by atoms with Crippen molar-refractivity contribution in [3.63, 3.8) is 0 Å². The maximum Gasteiger partial charge on any atom is 0.404 e. The summed E-state index contributed by atoms with van der Waals surface area (Å²) in [6.45, 7) is 4.46. The molecule has 0 aromatic carbocycles. The molecular formula is C13H23F3O2. The number of unbranched alkanes of at least 4 members (excludes halogenated alkanes) is 4. The molecular weight excluding hydrogens is 245 g/mol. The van der Waals surface area contributed by atoms with Gasteiger partial charge in [0.05, 0.1) is 6.61 Å². The lowest BCUT2D eigenvalue weighted by Crippen LogP contribution is -2.43. The highest BCUT2D eigenvalue weighted by molar-refractivity contribution is 5.77. The summed E-state index contributed by atoms with van der Waals surface area (Å²) < 4.78 is 43.4. The zero-order valence-electron chi connectivity index (χ0n) is 11.4. The van der Waals surface area contributed by atoms with E-state index in [1.807, 2.05) is 6.92 Å². The molecule has 0 saturated heterocycles. The van der Waals surface area contributed by atoms with Crippen molar-refractivity contribution in [2.75, 3.05) is 6.61 Å². The number of carbonyl (C=O) groups excluding carboxylic acids is 1. The van der Waals surface area contributed by atoms with Gasteiger partial charge in [-0.2, -0.15) is 13.2 Å². The minimum absolute atomic E-state index is 0.0274. The summed E-state index contributed by atoms with van der Waals surface area (Å²) in [5, 5.41) is 0. The average molecular weight is 268 g/mol. The number of alkyl halides is 3. The molecule has 0 fully saturated rings. The van der Waals surface area contributed by atoms with Crippen LogP contribution in [-0.2, 0) is 9.53 Å². The molecule has 0 N–H and O–H groups in total. The Morgan fingerprint density at radius 1 is 1.06 bits per heavy atom. The average Bonchev–Trinajstić information content (AvgIpc) is 2.27. The van der Waals surface area contributed by atoms with Gasteiger partial charge >= 0.3 is 12.1 Å². The fourth-order valence-corrected chi connectivity index (χ4v) is 1.73. The molecule has 0 radical (unpaired) electrons. The van der Waals surface area contributed by atoms with E-state index in [0.717, 1.165) is 32.6 Å². The second-order valence-corrected chi connectivity index (χ2v) is 4.71. The zero-order valence-corrected chi connectivity index (χ0v) is 11.4. The first-order valence-corrected chi connectivity index (χ1v) is 6.53. The van der Waals surface area contributed by atoms with E-state index in [0.29, 0.717) is 6.42 Å². The molecule has 0 amide bonds. The van der Waals surface area contributed by atoms with Gasteiger partial charge in [-0.15, -0.1) is 0 Å². The van der Waals surface area contributed by atoms with Gasteiger partial charge in [-0.3, -0.25) is 4.79 Å². The van der Waals surface area contributed by atoms with Crippen molar-refractivity contribution >= 4 is 5.97 Å². The zero-order chi connectivity index (χ0) is 14.2. The summed E-state index contributed by atoms with van der Waals surface area (Å²) in [5.41, 5.74) is -2.37. The van der Waals surface area contributed by atoms with Crippen molar-refractivity contribution in [2.24, 2.45) is 5.41 Å². The van der Waals surface area contributed by atoms with E-state index in [2.05, 4.69) is 4.74 Å². The monoisotopic (exact) mass is 268 g/mol. The van der Waals surface area contributed by atoms with Gasteiger partial charge in [-0.05, 0) is 20.3 Å². The molecule has 0 aliphatic carbocycles. The van der Waals surface area contributed by atoms with E-state index in [4.69, 9.17) is 0 Å². The van der Waals surface area contributed by atoms with Crippen LogP contribution in [0, 0.1) is 5.41 Å². The lowest BCUT2D eigenvalue weighted by molar-refractivity contribution is -0.231. The first kappa shape index (κ1) is 17.3. The van der Waals surface area contributed by atoms with Crippen molar-refractivity contribution < 1.29 is 22.7 Å². The van der Waals surface area contributed by atoms with Crippen LogP contribution >= 0.6 is 0 Å². The molecule has 0 heterocycles. The number of halogens is 3. The summed E-state index contributed by atoms with van der Waals surface area (Å²) in [6.07, 6.45) is -0.666. The fourth-order valence-electron chi connectivity index (χ4n) is 1.73. The Balaban J connectivity index is 4.45. The Labute approximate surface area is 107 Å². The van der Waals surface area contributed by atoms with E-state index in [-0.39, 0.29) is 13.0 Å². The quantitative estimate of drug-likeness (QED) is 0.479. The number of esters is 1. The van der Waals surface area contributed by atoms with Crippen LogP contribution < -0.4 is 0 Å². The van der Waals surface area contributed by atoms with Crippen LogP contribution in [0.3, 0.4) is 0 Å². The van der Waals surface area contributed by atoms with Crippen LogP contribution in [0.15, 0.2) is 0 Å². The van der Waals surface area contributed by atoms with Gasteiger partial charge in [-0.1, -0.05) is 39.0 Å². The third kappa shape index (κ3) is 4.86. The van der Waals surface area contributed by atoms with E-state index in [1.54, 1.807) is 0 Å². The van der Waals surface area contributed by atoms with E-state index >= 15 is 0 Å². The summed E-state index contributed by atoms with van der Waals surface area (Å²) in [5.74, 6) is -1.16. The Kier molecular flexibility index (Phi) is 7.33. The normalized spacial score (nSPS) is 15.2. The summed E-state index contributed by atoms with van der Waals surface area (Å²) in [7, 11) is 0. The van der Waals surface area contributed by atoms with Crippen molar-refractivity contribution in [3.8, 4) is 0 Å². The molecule has 0 aliphatic heterocycles. The molecule has 108 valence electrons. The first-order valence-electron chi connectivity index (χ1n) is 6.53. The van der Waals surface area contributed by atoms with E-state index in [1.165, 1.54) is 6.92 Å². The Morgan fingerprint density at radius 3 is 2.06 bits per heavy atom. The predicted octanol–water partition coefficient (Wildman–Crippen LogP) is 4.48. The standard InChI is InChI=1S/C13H23F3O2/c1-4-6-7-8-9-10-12(3,13(14,15)16)11(17)18-5-2/h4-10H2,1-3H3. The summed E-state index contributed by atoms with van der Waals surface area (Å²) in [4.78, 5) is 11.5. The third-order valence-corrected chi connectivity index (χ3v) is 3.13. The van der Waals surface area contributed by atoms with Crippen LogP contribution in [0.2, 0.25) is 0 Å². The highest BCUT2D eigenvalue weighted by Crippen LogP contribution is 2.43. The second kappa shape index (κ2) is 7.64. The molecule has 2 nitrogen and oxygen atoms in total. The Bertz CT molecular complexity index is 251. The van der Waals surface area contributed by atoms with Gasteiger partial charge in [-0.25, -0.2) is 0 Å². The van der Waals surface area contributed by atoms with Crippen molar-refractivity contribution in [1.29, 1.82) is 0 Å². The Morgan fingerprint density at radius 2 is 1.61 bits per heavy atom. The van der Waals surface area contributed by atoms with Crippen molar-refractivity contribution in [3.05, 3.63) is 0 Å². The molecule has 0 aromatic heterocycles. The topological polar surface area (TPSA) is 26.3 Å². The van der Waals surface area contributed by atoms with Crippen LogP contribution in [0.25, 0.3) is 0 Å². The van der Waals surface area contributed by atoms with Crippen LogP contribution in [0.1, 0.15) is 59.3 Å². The predicted molar refractivity (Wildman–Crippen MR) is 64.2 cm³/mol. The maximum atomic E-state index is 13.0. The molecule has 5 heteroatoms. The number of ether oxygens (including phenoxy) is 1. The van der Waals surface area contributed by atoms with Crippen molar-refractivity contribution in [1.82, 2.24) is 0 Å². The van der Waals surface area contributed by atoms with Gasteiger partial charge < -0.3 is 4.74 Å². The van der Waals surface area contributed by atoms with Gasteiger partial charge in [0.2, 0.25) is 0 Å². The number of hydrogen-bond acceptors (Lipinski definition) is 2.